The van der Waals surface area contributed by atoms with Crippen LogP contribution >= 0.6 is 0 Å². The molecule has 0 aromatic carbocycles. The molecule has 4 N–H and O–H groups in total. The zero-order valence-electron chi connectivity index (χ0n) is 8.71. The van der Waals surface area contributed by atoms with E-state index in [9.17, 15) is 0 Å². The number of hydrogen-bond acceptors (Lipinski definition) is 2. The predicted octanol–water partition coefficient (Wildman–Crippen LogP) is 2.46. The van der Waals surface area contributed by atoms with Gasteiger partial charge in [0.2, 0.25) is 0 Å². The van der Waals surface area contributed by atoms with Crippen LogP contribution in [0.1, 0.15) is 19.3 Å². The molecule has 0 saturated carbocycles. The molecule has 0 aromatic heterocycles. The van der Waals surface area contributed by atoms with Crippen LogP contribution in [0, 0.1) is 5.92 Å². The molecular weight excluding hydrogens is 172 g/mol. The van der Waals surface area contributed by atoms with E-state index < -0.39 is 0 Å². The maximum absolute atomic E-state index is 5.63. The maximum Gasteiger partial charge on any atom is 0.0931 e. The van der Waals surface area contributed by atoms with Crippen LogP contribution in [0.15, 0.2) is 49.4 Å². The molecule has 0 aliphatic heterocycles. The second-order valence-electron chi connectivity index (χ2n) is 3.22. The topological polar surface area (TPSA) is 52.0 Å². The van der Waals surface area contributed by atoms with E-state index in [1.165, 1.54) is 0 Å². The van der Waals surface area contributed by atoms with Crippen molar-refractivity contribution in [3.63, 3.8) is 0 Å². The van der Waals surface area contributed by atoms with Crippen molar-refractivity contribution in [1.82, 2.24) is 0 Å². The van der Waals surface area contributed by atoms with Gasteiger partial charge >= 0.3 is 0 Å². The zero-order chi connectivity index (χ0) is 11.0. The minimum atomic E-state index is 0.313. The Morgan fingerprint density at radius 1 is 1.00 bits per heavy atom. The van der Waals surface area contributed by atoms with Crippen molar-refractivity contribution < 1.29 is 0 Å². The minimum absolute atomic E-state index is 0.313. The van der Waals surface area contributed by atoms with Gasteiger partial charge in [0, 0.05) is 0 Å². The van der Waals surface area contributed by atoms with E-state index in [0.29, 0.717) is 11.7 Å². The number of nitrogens with two attached hydrogens (primary N) is 2. The highest BCUT2D eigenvalue weighted by molar-refractivity contribution is 5.16. The lowest BCUT2D eigenvalue weighted by atomic mass is 9.90. The summed E-state index contributed by atoms with van der Waals surface area (Å²) >= 11 is 0. The van der Waals surface area contributed by atoms with Gasteiger partial charge in [0.1, 0.15) is 0 Å². The molecule has 0 rings (SSSR count). The van der Waals surface area contributed by atoms with Gasteiger partial charge in [0.25, 0.3) is 0 Å². The number of hydrogen-bond donors (Lipinski definition) is 2. The molecule has 0 spiro atoms. The molecule has 0 atom stereocenters. The van der Waals surface area contributed by atoms with Crippen LogP contribution in [0.4, 0.5) is 0 Å². The van der Waals surface area contributed by atoms with Gasteiger partial charge < -0.3 is 11.5 Å². The van der Waals surface area contributed by atoms with Crippen molar-refractivity contribution in [2.24, 2.45) is 17.4 Å². The lowest BCUT2D eigenvalue weighted by Gasteiger charge is -2.17. The summed E-state index contributed by atoms with van der Waals surface area (Å²) in [6.45, 7) is 11.1. The van der Waals surface area contributed by atoms with Crippen LogP contribution in [0.5, 0.6) is 0 Å². The van der Waals surface area contributed by atoms with Gasteiger partial charge in [-0.3, -0.25) is 0 Å². The van der Waals surface area contributed by atoms with Crippen LogP contribution in [0.2, 0.25) is 0 Å². The first-order valence-corrected chi connectivity index (χ1v) is 4.74. The van der Waals surface area contributed by atoms with Crippen molar-refractivity contribution in [1.29, 1.82) is 0 Å². The summed E-state index contributed by atoms with van der Waals surface area (Å²) in [5.41, 5.74) is 12.3. The highest BCUT2D eigenvalue weighted by atomic mass is 14.8. The first-order valence-electron chi connectivity index (χ1n) is 4.74. The molecule has 0 aliphatic rings. The van der Waals surface area contributed by atoms with Gasteiger partial charge in [-0.2, -0.15) is 0 Å². The standard InChI is InChI=1S/C12H20N2/c1-4-7-10(8-5-2)11(9-6-3)12(13)14/h4-6,10H,1-3,7-9,13-14H2. The second-order valence-corrected chi connectivity index (χ2v) is 3.22. The predicted molar refractivity (Wildman–Crippen MR) is 63.3 cm³/mol. The molecule has 0 heterocycles. The lowest BCUT2D eigenvalue weighted by Crippen LogP contribution is -2.17. The van der Waals surface area contributed by atoms with Crippen molar-refractivity contribution in [3.05, 3.63) is 49.4 Å². The maximum atomic E-state index is 5.63. The lowest BCUT2D eigenvalue weighted by molar-refractivity contribution is 0.611. The molecular formula is C12H20N2. The highest BCUT2D eigenvalue weighted by Crippen LogP contribution is 2.23. The van der Waals surface area contributed by atoms with Crippen LogP contribution in [0.25, 0.3) is 0 Å². The van der Waals surface area contributed by atoms with Gasteiger partial charge in [0.15, 0.2) is 0 Å². The van der Waals surface area contributed by atoms with Gasteiger partial charge in [-0.05, 0) is 30.8 Å². The van der Waals surface area contributed by atoms with E-state index in [1.54, 1.807) is 0 Å². The molecule has 0 aliphatic carbocycles. The van der Waals surface area contributed by atoms with Gasteiger partial charge in [-0.15, -0.1) is 19.7 Å². The number of allylic oxidation sites excluding steroid dienone is 4. The summed E-state index contributed by atoms with van der Waals surface area (Å²) in [4.78, 5) is 0. The summed E-state index contributed by atoms with van der Waals surface area (Å²) in [7, 11) is 0. The molecule has 0 aromatic rings. The Morgan fingerprint density at radius 3 is 1.79 bits per heavy atom. The first-order chi connectivity index (χ1) is 6.67. The minimum Gasteiger partial charge on any atom is -0.386 e. The third kappa shape index (κ3) is 3.99. The monoisotopic (exact) mass is 192 g/mol. The molecule has 14 heavy (non-hydrogen) atoms. The van der Waals surface area contributed by atoms with Gasteiger partial charge in [0.05, 0.1) is 5.82 Å². The van der Waals surface area contributed by atoms with E-state index in [2.05, 4.69) is 19.7 Å². The summed E-state index contributed by atoms with van der Waals surface area (Å²) in [6.07, 6.45) is 8.03. The number of rotatable bonds is 7. The third-order valence-corrected chi connectivity index (χ3v) is 2.13. The summed E-state index contributed by atoms with van der Waals surface area (Å²) < 4.78 is 0. The van der Waals surface area contributed by atoms with Gasteiger partial charge in [-0.25, -0.2) is 0 Å². The van der Waals surface area contributed by atoms with E-state index >= 15 is 0 Å². The van der Waals surface area contributed by atoms with Crippen molar-refractivity contribution in [2.45, 2.75) is 19.3 Å². The fraction of sp³-hybridized carbons (Fsp3) is 0.333. The Kier molecular flexibility index (Phi) is 6.29. The van der Waals surface area contributed by atoms with Crippen molar-refractivity contribution in [3.8, 4) is 0 Å². The summed E-state index contributed by atoms with van der Waals surface area (Å²) in [6, 6.07) is 0. The van der Waals surface area contributed by atoms with Gasteiger partial charge in [-0.1, -0.05) is 18.2 Å². The molecule has 0 bridgehead atoms. The first kappa shape index (κ1) is 12.6. The smallest absolute Gasteiger partial charge is 0.0931 e. The van der Waals surface area contributed by atoms with Crippen LogP contribution in [0.3, 0.4) is 0 Å². The fourth-order valence-corrected chi connectivity index (χ4v) is 1.46. The quantitative estimate of drug-likeness (QED) is 0.609. The molecule has 0 saturated heterocycles. The average Bonchev–Trinajstić information content (AvgIpc) is 2.13. The highest BCUT2D eigenvalue weighted by Gasteiger charge is 2.12. The van der Waals surface area contributed by atoms with E-state index in [4.69, 9.17) is 11.5 Å². The molecule has 0 unspecified atom stereocenters. The Labute approximate surface area is 86.7 Å². The SMILES string of the molecule is C=CCC(=C(N)N)C(CC=C)CC=C. The molecule has 0 fully saturated rings. The molecule has 78 valence electrons. The second kappa shape index (κ2) is 7.01. The van der Waals surface area contributed by atoms with E-state index in [-0.39, 0.29) is 0 Å². The van der Waals surface area contributed by atoms with Crippen LogP contribution < -0.4 is 11.5 Å². The molecule has 0 radical (unpaired) electrons. The third-order valence-electron chi connectivity index (χ3n) is 2.13. The van der Waals surface area contributed by atoms with Crippen molar-refractivity contribution in [2.75, 3.05) is 0 Å². The fourth-order valence-electron chi connectivity index (χ4n) is 1.46. The molecule has 2 heteroatoms. The molecule has 2 nitrogen and oxygen atoms in total. The average molecular weight is 192 g/mol. The Morgan fingerprint density at radius 2 is 1.50 bits per heavy atom. The summed E-state index contributed by atoms with van der Waals surface area (Å²) in [5, 5.41) is 0. The van der Waals surface area contributed by atoms with Crippen LogP contribution in [-0.4, -0.2) is 0 Å². The van der Waals surface area contributed by atoms with Crippen LogP contribution in [-0.2, 0) is 0 Å². The Hall–Kier alpha value is -1.44. The normalized spacial score (nSPS) is 9.50. The Bertz CT molecular complexity index is 225. The summed E-state index contributed by atoms with van der Waals surface area (Å²) in [5.74, 6) is 0.714. The van der Waals surface area contributed by atoms with E-state index in [0.717, 1.165) is 24.8 Å². The molecule has 0 amide bonds. The zero-order valence-corrected chi connectivity index (χ0v) is 8.71. The Balaban J connectivity index is 4.71. The van der Waals surface area contributed by atoms with E-state index in [1.807, 2.05) is 18.2 Å². The van der Waals surface area contributed by atoms with Crippen molar-refractivity contribution >= 4 is 0 Å². The largest absolute Gasteiger partial charge is 0.386 e.